The predicted octanol–water partition coefficient (Wildman–Crippen LogP) is -8.85. The van der Waals surface area contributed by atoms with Crippen LogP contribution < -0.4 is 34.7 Å². The molecule has 0 radical (unpaired) electrons. The normalized spacial score (nSPS) is 41.6. The monoisotopic (exact) mass is 680 g/mol. The first kappa shape index (κ1) is 42.0. The van der Waals surface area contributed by atoms with Crippen LogP contribution in [0.15, 0.2) is 0 Å². The van der Waals surface area contributed by atoms with Crippen LogP contribution in [0.3, 0.4) is 0 Å². The number of carbonyl (C=O) groups is 1. The first-order chi connectivity index (χ1) is 21.5. The Hall–Kier alpha value is -0.130. The molecule has 46 heavy (non-hydrogen) atoms. The molecule has 3 aliphatic rings. The van der Waals surface area contributed by atoms with E-state index in [9.17, 15) is 50.8 Å². The van der Waals surface area contributed by atoms with Crippen LogP contribution in [0.1, 0.15) is 13.3 Å². The van der Waals surface area contributed by atoms with Crippen molar-refractivity contribution in [2.24, 2.45) is 17.8 Å². The molecule has 0 aromatic carbocycles. The van der Waals surface area contributed by atoms with Crippen LogP contribution in [0, 0.1) is 17.8 Å². The molecule has 0 saturated carbocycles. The average Bonchev–Trinajstić information content (AvgIpc) is 3.01. The van der Waals surface area contributed by atoms with Gasteiger partial charge >= 0.3 is 29.6 Å². The first-order valence-corrected chi connectivity index (χ1v) is 15.2. The van der Waals surface area contributed by atoms with Crippen LogP contribution in [-0.2, 0) is 38.0 Å². The summed E-state index contributed by atoms with van der Waals surface area (Å²) in [6.45, 7) is -1.15. The van der Waals surface area contributed by atoms with Crippen molar-refractivity contribution in [3.05, 3.63) is 0 Å². The van der Waals surface area contributed by atoms with E-state index in [0.717, 1.165) is 0 Å². The molecule has 18 heteroatoms. The van der Waals surface area contributed by atoms with Gasteiger partial charge < -0.3 is 83.9 Å². The maximum Gasteiger partial charge on any atom is 1.00 e. The minimum atomic E-state index is -1.50. The largest absolute Gasteiger partial charge is 1.00 e. The number of methoxy groups -OCH3 is 1. The van der Waals surface area contributed by atoms with Gasteiger partial charge in [0.25, 0.3) is 0 Å². The second-order valence-electron chi connectivity index (χ2n) is 11.8. The third-order valence-electron chi connectivity index (χ3n) is 8.84. The molecule has 3 saturated heterocycles. The molecular weight excluding hydrogens is 631 g/mol. The van der Waals surface area contributed by atoms with Gasteiger partial charge in [0.1, 0.15) is 36.6 Å². The Balaban J connectivity index is 0.00000736. The zero-order valence-electron chi connectivity index (χ0n) is 26.5. The van der Waals surface area contributed by atoms with Gasteiger partial charge in [0.2, 0.25) is 0 Å². The molecule has 0 bridgehead atoms. The fourth-order valence-corrected chi connectivity index (χ4v) is 6.21. The molecule has 0 spiro atoms. The molecule has 0 aromatic heterocycles. The number of ether oxygens (including phenoxy) is 7. The molecule has 0 aliphatic carbocycles. The molecule has 0 aromatic rings. The third-order valence-corrected chi connectivity index (χ3v) is 8.84. The van der Waals surface area contributed by atoms with Gasteiger partial charge in [0.05, 0.1) is 102 Å². The zero-order chi connectivity index (χ0) is 33.3. The summed E-state index contributed by atoms with van der Waals surface area (Å²) in [4.78, 5) is 10.9. The molecule has 0 amide bonds. The number of aliphatic carboxylic acids is 1. The summed E-state index contributed by atoms with van der Waals surface area (Å²) < 4.78 is 38.8. The van der Waals surface area contributed by atoms with Crippen molar-refractivity contribution in [2.45, 2.75) is 86.6 Å². The molecule has 3 rings (SSSR count). The van der Waals surface area contributed by atoms with Gasteiger partial charge in [-0.25, -0.2) is 0 Å². The third kappa shape index (κ3) is 10.7. The smallest absolute Gasteiger partial charge is 0.548 e. The van der Waals surface area contributed by atoms with Gasteiger partial charge in [-0.05, 0) is 6.42 Å². The second kappa shape index (κ2) is 20.5. The van der Waals surface area contributed by atoms with Crippen molar-refractivity contribution >= 4 is 5.97 Å². The summed E-state index contributed by atoms with van der Waals surface area (Å²) in [5, 5.41) is 94.2. The van der Waals surface area contributed by atoms with Crippen molar-refractivity contribution in [2.75, 3.05) is 66.6 Å². The van der Waals surface area contributed by atoms with Crippen LogP contribution in [-0.4, -0.2) is 187 Å². The van der Waals surface area contributed by atoms with Crippen molar-refractivity contribution < 1.29 is 113 Å². The summed E-state index contributed by atoms with van der Waals surface area (Å²) in [5.41, 5.74) is 0. The number of aliphatic hydroxyl groups excluding tert-OH is 8. The minimum absolute atomic E-state index is 0. The fraction of sp³-hybridized carbons (Fsp3) is 0.964. The summed E-state index contributed by atoms with van der Waals surface area (Å²) in [5.74, 6) is -3.75. The van der Waals surface area contributed by atoms with Crippen molar-refractivity contribution in [3.63, 3.8) is 0 Å². The van der Waals surface area contributed by atoms with E-state index in [2.05, 4.69) is 0 Å². The van der Waals surface area contributed by atoms with Gasteiger partial charge in [0, 0.05) is 24.9 Å². The molecule has 17 nitrogen and oxygen atoms in total. The fourth-order valence-electron chi connectivity index (χ4n) is 6.21. The standard InChI is InChI=1S/C28H50O17.Na/c1-3-13-16(4-29)43-20(27(37)23(13)33)10-41-7-15-18(9-42-12-22(31)32)45-21(28(38)25(15)35)11-40-6-14-17(5-30)44-19(8-39-2)26(36)24(14)34;/h13-21,23-30,33-38H,3-12H2,1-2H3,(H,31,32);/q;+1/p-1/t13-,14-,15-,16?,17?,18?,19-,20-,21-,23-,24-,25-,26?,27?,28?;/m0./s1. The maximum absolute atomic E-state index is 11.0. The summed E-state index contributed by atoms with van der Waals surface area (Å²) in [6.07, 6.45) is -13.2. The zero-order valence-corrected chi connectivity index (χ0v) is 28.5. The summed E-state index contributed by atoms with van der Waals surface area (Å²) in [7, 11) is 1.40. The SMILES string of the molecule is CC[C@H]1C(CO)O[C@@H](COC[C@H]2C(COCC(=O)[O-])O[C@@H](COC[C@H]3C(CO)O[C@@H](COC)C(O)[C@H]3O)C(O)[C@H]2O)C(O)[C@H]1O.[Na+]. The van der Waals surface area contributed by atoms with Gasteiger partial charge in [-0.1, -0.05) is 6.92 Å². The van der Waals surface area contributed by atoms with E-state index >= 15 is 0 Å². The van der Waals surface area contributed by atoms with Crippen molar-refractivity contribution in [3.8, 4) is 0 Å². The van der Waals surface area contributed by atoms with Crippen molar-refractivity contribution in [1.29, 1.82) is 0 Å². The van der Waals surface area contributed by atoms with Crippen LogP contribution >= 0.6 is 0 Å². The number of carboxylic acid groups (broad SMARTS) is 1. The quantitative estimate of drug-likeness (QED) is 0.0663. The maximum atomic E-state index is 11.0. The van der Waals surface area contributed by atoms with E-state index < -0.39 is 110 Å². The topological polar surface area (TPSA) is 267 Å². The Labute approximate surface area is 289 Å². The molecule has 3 heterocycles. The van der Waals surface area contributed by atoms with Gasteiger partial charge in [-0.15, -0.1) is 0 Å². The van der Waals surface area contributed by atoms with E-state index in [-0.39, 0.29) is 75.8 Å². The van der Waals surface area contributed by atoms with E-state index in [1.54, 1.807) is 6.92 Å². The van der Waals surface area contributed by atoms with Crippen LogP contribution in [0.5, 0.6) is 0 Å². The van der Waals surface area contributed by atoms with Gasteiger partial charge in [0.15, 0.2) is 0 Å². The molecule has 6 unspecified atom stereocenters. The number of carboxylic acids is 1. The minimum Gasteiger partial charge on any atom is -0.548 e. The molecule has 15 atom stereocenters. The molecule has 264 valence electrons. The molecule has 3 fully saturated rings. The van der Waals surface area contributed by atoms with Crippen LogP contribution in [0.4, 0.5) is 0 Å². The van der Waals surface area contributed by atoms with E-state index in [0.29, 0.717) is 6.42 Å². The second-order valence-corrected chi connectivity index (χ2v) is 11.8. The van der Waals surface area contributed by atoms with Gasteiger partial charge in [-0.3, -0.25) is 0 Å². The average molecular weight is 681 g/mol. The summed E-state index contributed by atoms with van der Waals surface area (Å²) in [6, 6.07) is 0. The Bertz CT molecular complexity index is 870. The van der Waals surface area contributed by atoms with E-state index in [1.165, 1.54) is 7.11 Å². The Morgan fingerprint density at radius 3 is 1.41 bits per heavy atom. The first-order valence-electron chi connectivity index (χ1n) is 15.2. The Kier molecular flexibility index (Phi) is 18.8. The number of hydrogen-bond donors (Lipinski definition) is 8. The van der Waals surface area contributed by atoms with Gasteiger partial charge in [-0.2, -0.15) is 0 Å². The van der Waals surface area contributed by atoms with E-state index in [1.807, 2.05) is 0 Å². The number of rotatable bonds is 17. The summed E-state index contributed by atoms with van der Waals surface area (Å²) >= 11 is 0. The number of hydrogen-bond acceptors (Lipinski definition) is 17. The Morgan fingerprint density at radius 2 is 0.978 bits per heavy atom. The van der Waals surface area contributed by atoms with E-state index in [4.69, 9.17) is 33.2 Å². The molecule has 3 aliphatic heterocycles. The van der Waals surface area contributed by atoms with Crippen LogP contribution in [0.2, 0.25) is 0 Å². The van der Waals surface area contributed by atoms with Crippen LogP contribution in [0.25, 0.3) is 0 Å². The van der Waals surface area contributed by atoms with Crippen molar-refractivity contribution in [1.82, 2.24) is 0 Å². The molecule has 8 N–H and O–H groups in total. The number of aliphatic hydroxyl groups is 8. The Morgan fingerprint density at radius 1 is 0.587 bits per heavy atom. The molecular formula is C28H49NaO17. The number of carbonyl (C=O) groups excluding carboxylic acids is 1. The predicted molar refractivity (Wildman–Crippen MR) is 146 cm³/mol.